The number of imidazole rings is 1. The van der Waals surface area contributed by atoms with Crippen LogP contribution in [0, 0.1) is 10.1 Å². The van der Waals surface area contributed by atoms with Crippen molar-refractivity contribution in [2.24, 2.45) is 0 Å². The molecule has 0 radical (unpaired) electrons. The highest BCUT2D eigenvalue weighted by molar-refractivity contribution is 6.30. The van der Waals surface area contributed by atoms with Crippen LogP contribution >= 0.6 is 11.6 Å². The van der Waals surface area contributed by atoms with Crippen molar-refractivity contribution in [3.8, 4) is 11.8 Å². The lowest BCUT2D eigenvalue weighted by molar-refractivity contribution is -0.389. The summed E-state index contributed by atoms with van der Waals surface area (Å²) in [6.07, 6.45) is 1.39. The summed E-state index contributed by atoms with van der Waals surface area (Å²) in [6.45, 7) is 6.42. The highest BCUT2D eigenvalue weighted by Gasteiger charge is 2.41. The Labute approximate surface area is 196 Å². The Morgan fingerprint density at radius 3 is 2.18 bits per heavy atom. The predicted molar refractivity (Wildman–Crippen MR) is 126 cm³/mol. The molecule has 0 bridgehead atoms. The molecule has 0 spiro atoms. The zero-order valence-corrected chi connectivity index (χ0v) is 18.9. The third-order valence-corrected chi connectivity index (χ3v) is 6.23. The van der Waals surface area contributed by atoms with Crippen molar-refractivity contribution in [2.75, 3.05) is 42.6 Å². The van der Waals surface area contributed by atoms with E-state index < -0.39 is 10.5 Å². The first-order valence-corrected chi connectivity index (χ1v) is 11.2. The third-order valence-electron chi connectivity index (χ3n) is 5.97. The largest absolute Gasteiger partial charge is 0.489 e. The van der Waals surface area contributed by atoms with Crippen LogP contribution in [0.15, 0.2) is 54.7 Å². The number of piperazine rings is 1. The Morgan fingerprint density at radius 1 is 1.06 bits per heavy atom. The number of benzene rings is 2. The smallest absolute Gasteiger partial charge is 0.415 e. The van der Waals surface area contributed by atoms with Gasteiger partial charge < -0.3 is 29.4 Å². The van der Waals surface area contributed by atoms with Gasteiger partial charge in [0.05, 0.1) is 6.54 Å². The summed E-state index contributed by atoms with van der Waals surface area (Å²) in [5, 5.41) is 11.6. The van der Waals surface area contributed by atoms with Crippen LogP contribution in [-0.4, -0.2) is 52.9 Å². The van der Waals surface area contributed by atoms with Crippen LogP contribution in [0.4, 0.5) is 17.2 Å². The lowest BCUT2D eigenvalue weighted by Crippen LogP contribution is -2.46. The van der Waals surface area contributed by atoms with E-state index in [1.807, 2.05) is 31.2 Å². The summed E-state index contributed by atoms with van der Waals surface area (Å²) in [6, 6.07) is 16.3. The maximum absolute atomic E-state index is 10.9. The molecule has 1 aromatic heterocycles. The van der Waals surface area contributed by atoms with Gasteiger partial charge in [-0.2, -0.15) is 0 Å². The summed E-state index contributed by atoms with van der Waals surface area (Å²) in [5.74, 6) is 0.538. The van der Waals surface area contributed by atoms with Crippen molar-refractivity contribution in [3.05, 3.63) is 69.9 Å². The van der Waals surface area contributed by atoms with Crippen LogP contribution in [0.25, 0.3) is 0 Å². The zero-order chi connectivity index (χ0) is 23.0. The van der Waals surface area contributed by atoms with Crippen LogP contribution in [0.2, 0.25) is 5.02 Å². The van der Waals surface area contributed by atoms with Crippen molar-refractivity contribution >= 4 is 28.8 Å². The van der Waals surface area contributed by atoms with Gasteiger partial charge in [-0.1, -0.05) is 11.6 Å². The Balaban J connectivity index is 1.13. The second-order valence-corrected chi connectivity index (χ2v) is 8.99. The minimum atomic E-state index is -0.631. The molecule has 0 saturated carbocycles. The molecule has 33 heavy (non-hydrogen) atoms. The maximum atomic E-state index is 10.9. The zero-order valence-electron chi connectivity index (χ0n) is 18.2. The van der Waals surface area contributed by atoms with Gasteiger partial charge in [0, 0.05) is 47.6 Å². The number of anilines is 2. The predicted octanol–water partition coefficient (Wildman–Crippen LogP) is 4.00. The van der Waals surface area contributed by atoms with Crippen LogP contribution < -0.4 is 19.3 Å². The summed E-state index contributed by atoms with van der Waals surface area (Å²) in [7, 11) is 0. The molecular formula is C23H24ClN5O4. The van der Waals surface area contributed by atoms with E-state index >= 15 is 0 Å². The molecule has 1 atom stereocenters. The van der Waals surface area contributed by atoms with Crippen molar-refractivity contribution < 1.29 is 14.4 Å². The molecule has 0 amide bonds. The summed E-state index contributed by atoms with van der Waals surface area (Å²) in [5.41, 5.74) is 1.73. The Bertz CT molecular complexity index is 1120. The van der Waals surface area contributed by atoms with Gasteiger partial charge in [0.1, 0.15) is 18.6 Å². The number of fused-ring (bicyclic) bond motifs is 1. The molecule has 1 fully saturated rings. The van der Waals surface area contributed by atoms with E-state index in [0.29, 0.717) is 13.2 Å². The summed E-state index contributed by atoms with van der Waals surface area (Å²) >= 11 is 6.00. The van der Waals surface area contributed by atoms with Gasteiger partial charge >= 0.3 is 11.8 Å². The normalized spacial score (nSPS) is 19.8. The highest BCUT2D eigenvalue weighted by Crippen LogP contribution is 2.32. The number of nitrogens with zero attached hydrogens (tertiary/aromatic N) is 5. The fourth-order valence-corrected chi connectivity index (χ4v) is 4.35. The van der Waals surface area contributed by atoms with Gasteiger partial charge in [0.2, 0.25) is 0 Å². The van der Waals surface area contributed by atoms with E-state index in [9.17, 15) is 10.1 Å². The van der Waals surface area contributed by atoms with E-state index in [2.05, 4.69) is 39.0 Å². The molecule has 172 valence electrons. The monoisotopic (exact) mass is 469 g/mol. The van der Waals surface area contributed by atoms with Crippen LogP contribution in [0.5, 0.6) is 11.8 Å². The van der Waals surface area contributed by atoms with Gasteiger partial charge in [0.15, 0.2) is 5.60 Å². The van der Waals surface area contributed by atoms with E-state index in [-0.39, 0.29) is 11.8 Å². The number of hydrogen-bond donors (Lipinski definition) is 0. The van der Waals surface area contributed by atoms with Gasteiger partial charge in [-0.25, -0.2) is 0 Å². The Hall–Kier alpha value is -3.46. The molecule has 1 saturated heterocycles. The second-order valence-electron chi connectivity index (χ2n) is 8.55. The Morgan fingerprint density at radius 2 is 1.64 bits per heavy atom. The van der Waals surface area contributed by atoms with E-state index in [4.69, 9.17) is 21.1 Å². The molecule has 3 aromatic rings. The lowest BCUT2D eigenvalue weighted by Gasteiger charge is -2.37. The minimum Gasteiger partial charge on any atom is -0.489 e. The fraction of sp³-hybridized carbons (Fsp3) is 0.348. The van der Waals surface area contributed by atoms with Gasteiger partial charge in [-0.15, -0.1) is 0 Å². The van der Waals surface area contributed by atoms with Gasteiger partial charge in [0.25, 0.3) is 0 Å². The molecule has 10 heteroatoms. The molecule has 2 aromatic carbocycles. The molecule has 1 unspecified atom stereocenters. The minimum absolute atomic E-state index is 0.211. The first-order chi connectivity index (χ1) is 15.9. The molecule has 3 heterocycles. The van der Waals surface area contributed by atoms with Crippen molar-refractivity contribution in [1.82, 2.24) is 9.55 Å². The van der Waals surface area contributed by atoms with Crippen molar-refractivity contribution in [1.29, 1.82) is 0 Å². The number of aromatic nitrogens is 2. The molecule has 0 N–H and O–H groups in total. The SMILES string of the molecule is CC1(COc2ccc(N3CCN(c4ccc(Cl)cc4)CC3)cc2)Cn2cc([N+](=O)[O-])nc2O1. The highest BCUT2D eigenvalue weighted by atomic mass is 35.5. The van der Waals surface area contributed by atoms with Crippen LogP contribution in [-0.2, 0) is 6.54 Å². The average Bonchev–Trinajstić information content (AvgIpc) is 3.34. The average molecular weight is 470 g/mol. The van der Waals surface area contributed by atoms with Crippen molar-refractivity contribution in [3.63, 3.8) is 0 Å². The second kappa shape index (κ2) is 8.47. The molecule has 0 aliphatic carbocycles. The molecule has 2 aliphatic rings. The van der Waals surface area contributed by atoms with Gasteiger partial charge in [-0.3, -0.25) is 4.57 Å². The first-order valence-electron chi connectivity index (χ1n) is 10.8. The molecule has 9 nitrogen and oxygen atoms in total. The van der Waals surface area contributed by atoms with Gasteiger partial charge in [-0.05, 0) is 60.4 Å². The molecule has 5 rings (SSSR count). The number of halogens is 1. The van der Waals surface area contributed by atoms with Crippen LogP contribution in [0.1, 0.15) is 6.92 Å². The third kappa shape index (κ3) is 4.54. The standard InChI is InChI=1S/C23H24ClN5O4/c1-23(15-28-14-21(29(30)31)25-22(28)33-23)16-32-20-8-6-19(7-9-20)27-12-10-26(11-13-27)18-4-2-17(24)3-5-18/h2-9,14H,10-13,15-16H2,1H3. The quantitative estimate of drug-likeness (QED) is 0.398. The number of nitro groups is 1. The summed E-state index contributed by atoms with van der Waals surface area (Å²) < 4.78 is 13.4. The fourth-order valence-electron chi connectivity index (χ4n) is 4.22. The van der Waals surface area contributed by atoms with E-state index in [1.54, 1.807) is 4.57 Å². The van der Waals surface area contributed by atoms with E-state index in [1.165, 1.54) is 11.9 Å². The van der Waals surface area contributed by atoms with E-state index in [0.717, 1.165) is 42.6 Å². The number of ether oxygens (including phenoxy) is 2. The number of rotatable bonds is 6. The van der Waals surface area contributed by atoms with Crippen molar-refractivity contribution in [2.45, 2.75) is 19.1 Å². The number of hydrogen-bond acceptors (Lipinski definition) is 7. The summed E-state index contributed by atoms with van der Waals surface area (Å²) in [4.78, 5) is 19.0. The maximum Gasteiger partial charge on any atom is 0.415 e. The first kappa shape index (κ1) is 21.4. The molecule has 2 aliphatic heterocycles. The molecular weight excluding hydrogens is 446 g/mol. The Kier molecular flexibility index (Phi) is 5.49. The van der Waals surface area contributed by atoms with Crippen LogP contribution in [0.3, 0.4) is 0 Å². The lowest BCUT2D eigenvalue weighted by atomic mass is 10.1. The topological polar surface area (TPSA) is 85.9 Å².